The van der Waals surface area contributed by atoms with Gasteiger partial charge in [0.25, 0.3) is 0 Å². The van der Waals surface area contributed by atoms with Gasteiger partial charge in [-0.3, -0.25) is 34.9 Å². The maximum Gasteiger partial charge on any atom is 0.0967 e. The van der Waals surface area contributed by atoms with Gasteiger partial charge in [0.1, 0.15) is 0 Å². The van der Waals surface area contributed by atoms with Crippen molar-refractivity contribution >= 4 is 130 Å². The highest BCUT2D eigenvalue weighted by atomic mass is 14.7. The van der Waals surface area contributed by atoms with Crippen molar-refractivity contribution in [2.45, 2.75) is 208 Å². The molecule has 0 radical (unpaired) electrons. The van der Waals surface area contributed by atoms with E-state index in [9.17, 15) is 0 Å². The summed E-state index contributed by atoms with van der Waals surface area (Å²) in [7, 11) is 0. The zero-order valence-electron chi connectivity index (χ0n) is 75.3. The average molecular weight is 1520 g/mol. The molecular weight excluding hydrogens is 1380 g/mol. The third-order valence-corrected chi connectivity index (χ3v) is 16.5. The van der Waals surface area contributed by atoms with Crippen LogP contribution in [0.15, 0.2) is 286 Å². The van der Waals surface area contributed by atoms with Gasteiger partial charge in [-0.15, -0.1) is 0 Å². The van der Waals surface area contributed by atoms with Crippen molar-refractivity contribution in [2.24, 2.45) is 0 Å². The molecule has 7 heteroatoms. The molecule has 0 aliphatic rings. The van der Waals surface area contributed by atoms with E-state index in [1.165, 1.54) is 103 Å². The van der Waals surface area contributed by atoms with E-state index in [-0.39, 0.29) is 0 Å². The van der Waals surface area contributed by atoms with Gasteiger partial charge in [-0.25, -0.2) is 0 Å². The van der Waals surface area contributed by atoms with Crippen molar-refractivity contribution in [3.05, 3.63) is 319 Å². The minimum Gasteiger partial charge on any atom is -0.256 e. The molecule has 0 atom stereocenters. The predicted molar refractivity (Wildman–Crippen MR) is 518 cm³/mol. The molecule has 7 aromatic heterocycles. The molecule has 0 bridgehead atoms. The first kappa shape index (κ1) is 101. The maximum absolute atomic E-state index is 4.60. The number of para-hydroxylation sites is 5. The van der Waals surface area contributed by atoms with Crippen molar-refractivity contribution < 1.29 is 0 Å². The smallest absolute Gasteiger partial charge is 0.0967 e. The van der Waals surface area contributed by atoms with Crippen LogP contribution >= 0.6 is 0 Å². The average Bonchev–Trinajstić information content (AvgIpc) is 1.21. The zero-order chi connectivity index (χ0) is 85.5. The van der Waals surface area contributed by atoms with Crippen LogP contribution in [0.1, 0.15) is 200 Å². The highest BCUT2D eigenvalue weighted by Crippen LogP contribution is 2.30. The lowest BCUT2D eigenvalue weighted by molar-refractivity contribution is 1.25. The van der Waals surface area contributed by atoms with Gasteiger partial charge in [0.2, 0.25) is 0 Å². The molecule has 600 valence electrons. The first-order valence-corrected chi connectivity index (χ1v) is 42.4. The van der Waals surface area contributed by atoms with Crippen molar-refractivity contribution in [1.82, 2.24) is 34.9 Å². The van der Waals surface area contributed by atoms with Gasteiger partial charge < -0.3 is 0 Å². The summed E-state index contributed by atoms with van der Waals surface area (Å²) in [6.07, 6.45) is 9.62. The van der Waals surface area contributed by atoms with E-state index < -0.39 is 0 Å². The Bertz CT molecular complexity index is 5310. The molecule has 0 N–H and O–H groups in total. The summed E-state index contributed by atoms with van der Waals surface area (Å²) in [4.78, 5) is 31.4. The Labute approximate surface area is 687 Å². The first-order chi connectivity index (χ1) is 56.1. The van der Waals surface area contributed by atoms with Crippen LogP contribution in [0.25, 0.3) is 130 Å². The van der Waals surface area contributed by atoms with Gasteiger partial charge >= 0.3 is 0 Å². The molecule has 0 saturated heterocycles. The molecule has 0 saturated carbocycles. The molecular formula is C107H137N7. The van der Waals surface area contributed by atoms with E-state index in [2.05, 4.69) is 282 Å². The quantitative estimate of drug-likeness (QED) is 0.140. The van der Waals surface area contributed by atoms with Crippen LogP contribution < -0.4 is 0 Å². The molecule has 11 aromatic carbocycles. The Kier molecular flexibility index (Phi) is 51.6. The predicted octanol–water partition coefficient (Wildman–Crippen LogP) is 33.9. The number of hydrogen-bond donors (Lipinski definition) is 0. The lowest BCUT2D eigenvalue weighted by atomic mass is 10.0. The summed E-state index contributed by atoms with van der Waals surface area (Å²) in [6, 6.07) is 87.9. The Morgan fingerprint density at radius 1 is 0.184 bits per heavy atom. The van der Waals surface area contributed by atoms with Crippen molar-refractivity contribution in [3.8, 4) is 0 Å². The lowest BCUT2D eigenvalue weighted by Crippen LogP contribution is -1.86. The molecule has 0 fully saturated rings. The Balaban J connectivity index is 0.000000648. The Hall–Kier alpha value is -11.4. The standard InChI is InChI=1S/5C14H11N.C13H10N2.12C2H6/c1-10-5-4-7-11-12-6-2-3-8-14(12)15-9-13(10)11;1-10-5-4-8-13-12-7-3-2-6-11(12)9-15-14(10)13;1-10-11-6-2-3-7-12(11)13-8-4-5-9-14(13)15-10;1-10-6-7-12-11(8-10)9-15-14-5-3-2-4-13(12)14;1-10-6-7-11-9-15-14-5-3-2-4-12(14)13(11)8-10;1-9-4-5-11-7-6-10-3-2-8-14-12(10)13(11)15-9;12*1-2/h5*2-9H,1H3;2-8H,1H3;12*1-2H3. The summed E-state index contributed by atoms with van der Waals surface area (Å²) >= 11 is 0. The molecule has 18 rings (SSSR count). The number of aromatic nitrogens is 7. The monoisotopic (exact) mass is 1520 g/mol. The summed E-state index contributed by atoms with van der Waals surface area (Å²) in [6.45, 7) is 60.5. The minimum atomic E-state index is 0.985. The number of aryl methyl sites for hydroxylation is 6. The minimum absolute atomic E-state index is 0.985. The van der Waals surface area contributed by atoms with Crippen molar-refractivity contribution in [3.63, 3.8) is 0 Å². The third-order valence-electron chi connectivity index (χ3n) is 16.5. The summed E-state index contributed by atoms with van der Waals surface area (Å²) in [5, 5.41) is 21.0. The second-order valence-corrected chi connectivity index (χ2v) is 22.8. The SMILES string of the molecule is CC.CC.CC.CC.CC.CC.CC.CC.CC.CC.CC.CC.Cc1ccc2c(cnc3ccccc32)c1.Cc1ccc2ccc3cccnc3c2n1.Cc1ccc2cnc3ccccc3c2c1.Cc1cccc2c1cnc1ccccc12.Cc1cccc2c1ncc1ccccc12.Cc1nc2ccccc2c2ccccc12. The zero-order valence-corrected chi connectivity index (χ0v) is 75.3. The number of rotatable bonds is 0. The van der Waals surface area contributed by atoms with Gasteiger partial charge in [0.15, 0.2) is 0 Å². The van der Waals surface area contributed by atoms with Crippen molar-refractivity contribution in [1.29, 1.82) is 0 Å². The van der Waals surface area contributed by atoms with Crippen LogP contribution in [0.3, 0.4) is 0 Å². The number of nitrogens with zero attached hydrogens (tertiary/aromatic N) is 7. The normalized spacial score (nSPS) is 9.32. The van der Waals surface area contributed by atoms with Gasteiger partial charge in [-0.2, -0.15) is 0 Å². The third kappa shape index (κ3) is 27.8. The van der Waals surface area contributed by atoms with E-state index >= 15 is 0 Å². The maximum atomic E-state index is 4.60. The summed E-state index contributed by atoms with van der Waals surface area (Å²) < 4.78 is 0. The number of pyridine rings is 7. The van der Waals surface area contributed by atoms with Crippen LogP contribution in [0.4, 0.5) is 0 Å². The molecule has 0 aliphatic heterocycles. The van der Waals surface area contributed by atoms with E-state index in [4.69, 9.17) is 0 Å². The Morgan fingerprint density at radius 3 is 1.11 bits per heavy atom. The van der Waals surface area contributed by atoms with Crippen LogP contribution in [-0.2, 0) is 0 Å². The second-order valence-electron chi connectivity index (χ2n) is 22.8. The Morgan fingerprint density at radius 2 is 0.544 bits per heavy atom. The van der Waals surface area contributed by atoms with Crippen molar-refractivity contribution in [2.75, 3.05) is 0 Å². The van der Waals surface area contributed by atoms with Crippen LogP contribution in [0.5, 0.6) is 0 Å². The topological polar surface area (TPSA) is 90.2 Å². The highest BCUT2D eigenvalue weighted by molar-refractivity contribution is 6.10. The van der Waals surface area contributed by atoms with E-state index in [1.54, 1.807) is 0 Å². The van der Waals surface area contributed by atoms with Gasteiger partial charge in [0, 0.05) is 107 Å². The fourth-order valence-electron chi connectivity index (χ4n) is 11.9. The highest BCUT2D eigenvalue weighted by Gasteiger charge is 2.08. The van der Waals surface area contributed by atoms with Gasteiger partial charge in [-0.05, 0) is 122 Å². The molecule has 18 aromatic rings. The van der Waals surface area contributed by atoms with Crippen LogP contribution in [0, 0.1) is 41.5 Å². The molecule has 0 amide bonds. The number of fused-ring (bicyclic) bond motifs is 18. The fourth-order valence-corrected chi connectivity index (χ4v) is 11.9. The van der Waals surface area contributed by atoms with Gasteiger partial charge in [0.05, 0.1) is 38.6 Å². The lowest BCUT2D eigenvalue weighted by Gasteiger charge is -2.05. The number of benzene rings is 11. The van der Waals surface area contributed by atoms with Crippen LogP contribution in [0.2, 0.25) is 0 Å². The van der Waals surface area contributed by atoms with E-state index in [0.717, 1.165) is 60.8 Å². The molecule has 0 spiro atoms. The fraction of sp³-hybridized carbons (Fsp3) is 0.280. The number of hydrogen-bond acceptors (Lipinski definition) is 7. The van der Waals surface area contributed by atoms with Crippen LogP contribution in [-0.4, -0.2) is 34.9 Å². The first-order valence-electron chi connectivity index (χ1n) is 42.4. The molecule has 7 nitrogen and oxygen atoms in total. The van der Waals surface area contributed by atoms with E-state index in [0.29, 0.717) is 0 Å². The molecule has 0 aliphatic carbocycles. The van der Waals surface area contributed by atoms with E-state index in [1.807, 2.05) is 247 Å². The molecule has 114 heavy (non-hydrogen) atoms. The summed E-state index contributed by atoms with van der Waals surface area (Å²) in [5.41, 5.74) is 14.6. The summed E-state index contributed by atoms with van der Waals surface area (Å²) in [5.74, 6) is 0. The second kappa shape index (κ2) is 58.5. The molecule has 7 heterocycles. The largest absolute Gasteiger partial charge is 0.256 e. The molecule has 0 unspecified atom stereocenters. The van der Waals surface area contributed by atoms with Gasteiger partial charge in [-0.1, -0.05) is 390 Å².